The molecular formula is C19H19ClN6O4S. The fourth-order valence-corrected chi connectivity index (χ4v) is 4.60. The van der Waals surface area contributed by atoms with Gasteiger partial charge in [-0.05, 0) is 47.7 Å². The number of nitrogens with zero attached hydrogens (tertiary/aromatic N) is 5. The molecule has 1 aliphatic rings. The molecule has 2 aromatic carbocycles. The van der Waals surface area contributed by atoms with E-state index in [9.17, 15) is 13.2 Å². The average molecular weight is 463 g/mol. The Bertz CT molecular complexity index is 1180. The van der Waals surface area contributed by atoms with E-state index in [2.05, 4.69) is 20.7 Å². The van der Waals surface area contributed by atoms with Crippen LogP contribution in [0.15, 0.2) is 53.4 Å². The highest BCUT2D eigenvalue weighted by atomic mass is 35.5. The molecule has 10 nitrogen and oxygen atoms in total. The Hall–Kier alpha value is -2.86. The number of nitrogens with one attached hydrogen (secondary N) is 1. The lowest BCUT2D eigenvalue weighted by Gasteiger charge is -2.26. The van der Waals surface area contributed by atoms with Gasteiger partial charge in [-0.25, -0.2) is 8.42 Å². The van der Waals surface area contributed by atoms with Gasteiger partial charge in [-0.15, -0.1) is 10.2 Å². The average Bonchev–Trinajstić information content (AvgIpc) is 3.23. The van der Waals surface area contributed by atoms with Gasteiger partial charge in [0.05, 0.1) is 18.1 Å². The van der Waals surface area contributed by atoms with Gasteiger partial charge < -0.3 is 10.1 Å². The molecule has 1 aliphatic heterocycles. The van der Waals surface area contributed by atoms with E-state index >= 15 is 0 Å². The highest BCUT2D eigenvalue weighted by molar-refractivity contribution is 7.89. The first-order valence-electron chi connectivity index (χ1n) is 9.43. The number of rotatable bonds is 6. The van der Waals surface area contributed by atoms with E-state index in [1.165, 1.54) is 16.4 Å². The van der Waals surface area contributed by atoms with Gasteiger partial charge in [-0.1, -0.05) is 17.7 Å². The number of benzene rings is 2. The van der Waals surface area contributed by atoms with Crippen LogP contribution in [0.25, 0.3) is 11.4 Å². The molecule has 1 aromatic heterocycles. The summed E-state index contributed by atoms with van der Waals surface area (Å²) in [6, 6.07) is 13.0. The van der Waals surface area contributed by atoms with Crippen LogP contribution < -0.4 is 5.32 Å². The SMILES string of the molecule is O=C(Cn1nnc(-c2ccc(Cl)cc2)n1)Nc1cccc(S(=O)(=O)N2CCOCC2)c1. The predicted molar refractivity (Wildman–Crippen MR) is 113 cm³/mol. The Labute approximate surface area is 183 Å². The minimum atomic E-state index is -3.66. The van der Waals surface area contributed by atoms with Gasteiger partial charge >= 0.3 is 0 Å². The van der Waals surface area contributed by atoms with E-state index < -0.39 is 15.9 Å². The van der Waals surface area contributed by atoms with Crippen LogP contribution in [0.5, 0.6) is 0 Å². The summed E-state index contributed by atoms with van der Waals surface area (Å²) in [6.45, 7) is 1.14. The minimum absolute atomic E-state index is 0.108. The molecule has 0 unspecified atom stereocenters. The molecule has 0 aliphatic carbocycles. The second-order valence-corrected chi connectivity index (χ2v) is 9.12. The summed E-state index contributed by atoms with van der Waals surface area (Å²) in [5.74, 6) is -0.0518. The molecule has 1 fully saturated rings. The Morgan fingerprint density at radius 3 is 2.61 bits per heavy atom. The van der Waals surface area contributed by atoms with Crippen LogP contribution in [0.4, 0.5) is 5.69 Å². The fourth-order valence-electron chi connectivity index (χ4n) is 3.02. The molecule has 3 aromatic rings. The van der Waals surface area contributed by atoms with Gasteiger partial charge in [0.1, 0.15) is 6.54 Å². The molecule has 31 heavy (non-hydrogen) atoms. The number of hydrogen-bond acceptors (Lipinski definition) is 7. The first kappa shape index (κ1) is 21.4. The van der Waals surface area contributed by atoms with Crippen molar-refractivity contribution in [2.24, 2.45) is 0 Å². The minimum Gasteiger partial charge on any atom is -0.379 e. The molecule has 1 amide bonds. The zero-order chi connectivity index (χ0) is 21.8. The summed E-state index contributed by atoms with van der Waals surface area (Å²) < 4.78 is 32.2. The van der Waals surface area contributed by atoms with Crippen molar-refractivity contribution in [1.29, 1.82) is 0 Å². The normalized spacial score (nSPS) is 15.0. The van der Waals surface area contributed by atoms with E-state index in [4.69, 9.17) is 16.3 Å². The summed E-state index contributed by atoms with van der Waals surface area (Å²) in [7, 11) is -3.66. The maximum absolute atomic E-state index is 12.8. The number of ether oxygens (including phenoxy) is 1. The van der Waals surface area contributed by atoms with Gasteiger partial charge in [-0.3, -0.25) is 4.79 Å². The molecule has 2 heterocycles. The van der Waals surface area contributed by atoms with Gasteiger partial charge in [0.2, 0.25) is 21.8 Å². The van der Waals surface area contributed by atoms with Gasteiger partial charge in [0, 0.05) is 29.4 Å². The topological polar surface area (TPSA) is 119 Å². The number of tetrazole rings is 1. The highest BCUT2D eigenvalue weighted by Crippen LogP contribution is 2.21. The van der Waals surface area contributed by atoms with Crippen molar-refractivity contribution in [2.75, 3.05) is 31.6 Å². The standard InChI is InChI=1S/C19H19ClN6O4S/c20-15-6-4-14(5-7-15)19-22-24-26(23-19)13-18(27)21-16-2-1-3-17(12-16)31(28,29)25-8-10-30-11-9-25/h1-7,12H,8-11,13H2,(H,21,27). The van der Waals surface area contributed by atoms with E-state index in [1.54, 1.807) is 36.4 Å². The van der Waals surface area contributed by atoms with Crippen LogP contribution in [-0.2, 0) is 26.1 Å². The molecule has 1 N–H and O–H groups in total. The van der Waals surface area contributed by atoms with Gasteiger partial charge in [-0.2, -0.15) is 9.10 Å². The van der Waals surface area contributed by atoms with Crippen molar-refractivity contribution in [3.05, 3.63) is 53.6 Å². The zero-order valence-electron chi connectivity index (χ0n) is 16.3. The summed E-state index contributed by atoms with van der Waals surface area (Å²) in [6.07, 6.45) is 0. The number of morpholine rings is 1. The second-order valence-electron chi connectivity index (χ2n) is 6.74. The fraction of sp³-hybridized carbons (Fsp3) is 0.263. The molecule has 0 spiro atoms. The van der Waals surface area contributed by atoms with E-state index in [1.807, 2.05) is 0 Å². The number of hydrogen-bond donors (Lipinski definition) is 1. The Balaban J connectivity index is 1.42. The molecule has 0 atom stereocenters. The number of amides is 1. The number of anilines is 1. The maximum atomic E-state index is 12.8. The van der Waals surface area contributed by atoms with Gasteiger partial charge in [0.25, 0.3) is 0 Å². The molecular weight excluding hydrogens is 444 g/mol. The molecule has 162 valence electrons. The molecule has 1 saturated heterocycles. The van der Waals surface area contributed by atoms with E-state index in [0.717, 1.165) is 10.4 Å². The maximum Gasteiger partial charge on any atom is 0.248 e. The van der Waals surface area contributed by atoms with Crippen molar-refractivity contribution >= 4 is 33.2 Å². The quantitative estimate of drug-likeness (QED) is 0.591. The lowest BCUT2D eigenvalue weighted by Crippen LogP contribution is -2.40. The molecule has 0 radical (unpaired) electrons. The van der Waals surface area contributed by atoms with E-state index in [0.29, 0.717) is 42.8 Å². The summed E-state index contributed by atoms with van der Waals surface area (Å²) in [4.78, 5) is 13.7. The lowest BCUT2D eigenvalue weighted by molar-refractivity contribution is -0.117. The largest absolute Gasteiger partial charge is 0.379 e. The number of carbonyl (C=O) groups is 1. The second kappa shape index (κ2) is 9.10. The first-order chi connectivity index (χ1) is 14.9. The third kappa shape index (κ3) is 5.07. The third-order valence-electron chi connectivity index (χ3n) is 4.57. The van der Waals surface area contributed by atoms with Gasteiger partial charge in [0.15, 0.2) is 0 Å². The summed E-state index contributed by atoms with van der Waals surface area (Å²) >= 11 is 5.87. The van der Waals surface area contributed by atoms with Crippen molar-refractivity contribution in [2.45, 2.75) is 11.4 Å². The van der Waals surface area contributed by atoms with Crippen LogP contribution in [0.3, 0.4) is 0 Å². The Morgan fingerprint density at radius 1 is 1.13 bits per heavy atom. The lowest BCUT2D eigenvalue weighted by atomic mass is 10.2. The first-order valence-corrected chi connectivity index (χ1v) is 11.3. The van der Waals surface area contributed by atoms with Crippen molar-refractivity contribution < 1.29 is 17.9 Å². The highest BCUT2D eigenvalue weighted by Gasteiger charge is 2.26. The smallest absolute Gasteiger partial charge is 0.248 e. The molecule has 4 rings (SSSR count). The third-order valence-corrected chi connectivity index (χ3v) is 6.71. The monoisotopic (exact) mass is 462 g/mol. The van der Waals surface area contributed by atoms with Crippen molar-refractivity contribution in [1.82, 2.24) is 24.5 Å². The number of sulfonamides is 1. The number of carbonyl (C=O) groups excluding carboxylic acids is 1. The van der Waals surface area contributed by atoms with Crippen LogP contribution in [0, 0.1) is 0 Å². The van der Waals surface area contributed by atoms with Crippen molar-refractivity contribution in [3.63, 3.8) is 0 Å². The Kier molecular flexibility index (Phi) is 6.28. The van der Waals surface area contributed by atoms with Crippen LogP contribution in [0.2, 0.25) is 5.02 Å². The van der Waals surface area contributed by atoms with E-state index in [-0.39, 0.29) is 11.4 Å². The van der Waals surface area contributed by atoms with Crippen LogP contribution in [-0.4, -0.2) is 65.1 Å². The van der Waals surface area contributed by atoms with Crippen LogP contribution >= 0.6 is 11.6 Å². The molecule has 0 bridgehead atoms. The van der Waals surface area contributed by atoms with Crippen molar-refractivity contribution in [3.8, 4) is 11.4 Å². The molecule has 12 heteroatoms. The van der Waals surface area contributed by atoms with Crippen LogP contribution in [0.1, 0.15) is 0 Å². The zero-order valence-corrected chi connectivity index (χ0v) is 17.9. The number of halogens is 1. The summed E-state index contributed by atoms with van der Waals surface area (Å²) in [5, 5.41) is 15.3. The molecule has 0 saturated carbocycles. The summed E-state index contributed by atoms with van der Waals surface area (Å²) in [5.41, 5.74) is 1.08. The Morgan fingerprint density at radius 2 is 1.87 bits per heavy atom. The number of aromatic nitrogens is 4. The predicted octanol–water partition coefficient (Wildman–Crippen LogP) is 1.65.